The largest absolute Gasteiger partial charge is 0.489 e. The first kappa shape index (κ1) is 20.2. The van der Waals surface area contributed by atoms with Gasteiger partial charge in [0.05, 0.1) is 13.1 Å². The van der Waals surface area contributed by atoms with Gasteiger partial charge in [0.15, 0.2) is 5.96 Å². The van der Waals surface area contributed by atoms with Gasteiger partial charge in [0.25, 0.3) is 0 Å². The predicted octanol–water partition coefficient (Wildman–Crippen LogP) is 2.45. The maximum absolute atomic E-state index is 12.9. The van der Waals surface area contributed by atoms with E-state index in [1.165, 1.54) is 12.1 Å². The maximum atomic E-state index is 12.9. The minimum absolute atomic E-state index is 0.130. The Bertz CT molecular complexity index is 761. The monoisotopic (exact) mass is 372 g/mol. The molecule has 7 heteroatoms. The van der Waals surface area contributed by atoms with Crippen LogP contribution in [-0.4, -0.2) is 31.1 Å². The van der Waals surface area contributed by atoms with E-state index in [4.69, 9.17) is 10.5 Å². The Balaban J connectivity index is 1.88. The molecule has 2 rings (SSSR count). The van der Waals surface area contributed by atoms with Gasteiger partial charge in [0.2, 0.25) is 5.91 Å². The SMILES string of the molecule is CCNC(=NCc1ccc(C(N)=O)cc1)NCC(C)Oc1ccc(F)cc1. The van der Waals surface area contributed by atoms with Crippen molar-refractivity contribution in [3.63, 3.8) is 0 Å². The minimum atomic E-state index is -0.449. The van der Waals surface area contributed by atoms with Crippen LogP contribution in [-0.2, 0) is 6.54 Å². The number of nitrogens with two attached hydrogens (primary N) is 1. The van der Waals surface area contributed by atoms with Crippen LogP contribution in [0.25, 0.3) is 0 Å². The smallest absolute Gasteiger partial charge is 0.248 e. The van der Waals surface area contributed by atoms with Gasteiger partial charge in [-0.3, -0.25) is 4.79 Å². The number of guanidine groups is 1. The number of hydrogen-bond donors (Lipinski definition) is 3. The van der Waals surface area contributed by atoms with Crippen LogP contribution in [0.1, 0.15) is 29.8 Å². The van der Waals surface area contributed by atoms with E-state index in [0.717, 1.165) is 12.1 Å². The van der Waals surface area contributed by atoms with E-state index in [1.807, 2.05) is 26.0 Å². The van der Waals surface area contributed by atoms with Crippen LogP contribution in [0.4, 0.5) is 4.39 Å². The van der Waals surface area contributed by atoms with Gasteiger partial charge in [-0.05, 0) is 55.8 Å². The summed E-state index contributed by atoms with van der Waals surface area (Å²) in [5, 5.41) is 6.39. The van der Waals surface area contributed by atoms with Crippen molar-refractivity contribution in [3.05, 3.63) is 65.5 Å². The number of rotatable bonds is 8. The van der Waals surface area contributed by atoms with Crippen molar-refractivity contribution >= 4 is 11.9 Å². The molecule has 1 unspecified atom stereocenters. The summed E-state index contributed by atoms with van der Waals surface area (Å²) < 4.78 is 18.7. The van der Waals surface area contributed by atoms with Gasteiger partial charge in [-0.25, -0.2) is 9.38 Å². The number of hydrogen-bond acceptors (Lipinski definition) is 3. The summed E-state index contributed by atoms with van der Waals surface area (Å²) >= 11 is 0. The summed E-state index contributed by atoms with van der Waals surface area (Å²) in [5.41, 5.74) is 6.68. The van der Waals surface area contributed by atoms with Crippen molar-refractivity contribution in [3.8, 4) is 5.75 Å². The average molecular weight is 372 g/mol. The van der Waals surface area contributed by atoms with Crippen LogP contribution in [0.5, 0.6) is 5.75 Å². The van der Waals surface area contributed by atoms with Crippen LogP contribution in [0, 0.1) is 5.82 Å². The third-order valence-electron chi connectivity index (χ3n) is 3.71. The molecule has 0 fully saturated rings. The van der Waals surface area contributed by atoms with Gasteiger partial charge >= 0.3 is 0 Å². The molecule has 0 radical (unpaired) electrons. The van der Waals surface area contributed by atoms with Crippen LogP contribution in [0.2, 0.25) is 0 Å². The number of carbonyl (C=O) groups is 1. The highest BCUT2D eigenvalue weighted by molar-refractivity contribution is 5.92. The number of aliphatic imine (C=N–C) groups is 1. The molecule has 0 aliphatic carbocycles. The molecule has 0 heterocycles. The lowest BCUT2D eigenvalue weighted by Gasteiger charge is -2.17. The Kier molecular flexibility index (Phi) is 7.61. The van der Waals surface area contributed by atoms with E-state index in [-0.39, 0.29) is 11.9 Å². The van der Waals surface area contributed by atoms with Gasteiger partial charge in [-0.1, -0.05) is 12.1 Å². The second-order valence-corrected chi connectivity index (χ2v) is 6.02. The first-order valence-electron chi connectivity index (χ1n) is 8.81. The molecule has 0 bridgehead atoms. The van der Waals surface area contributed by atoms with Crippen LogP contribution >= 0.6 is 0 Å². The van der Waals surface area contributed by atoms with Crippen LogP contribution < -0.4 is 21.1 Å². The first-order valence-corrected chi connectivity index (χ1v) is 8.81. The number of primary amides is 1. The Morgan fingerprint density at radius 2 is 1.81 bits per heavy atom. The Morgan fingerprint density at radius 3 is 2.41 bits per heavy atom. The number of ether oxygens (including phenoxy) is 1. The van der Waals surface area contributed by atoms with E-state index in [2.05, 4.69) is 15.6 Å². The van der Waals surface area contributed by atoms with Crippen molar-refractivity contribution in [2.45, 2.75) is 26.5 Å². The van der Waals surface area contributed by atoms with Crippen LogP contribution in [0.15, 0.2) is 53.5 Å². The molecule has 0 saturated carbocycles. The minimum Gasteiger partial charge on any atom is -0.489 e. The molecular formula is C20H25FN4O2. The lowest BCUT2D eigenvalue weighted by Crippen LogP contribution is -2.41. The third kappa shape index (κ3) is 6.97. The van der Waals surface area contributed by atoms with E-state index in [1.54, 1.807) is 24.3 Å². The summed E-state index contributed by atoms with van der Waals surface area (Å²) in [5.74, 6) is 0.530. The molecule has 0 spiro atoms. The molecular weight excluding hydrogens is 347 g/mol. The van der Waals surface area contributed by atoms with Gasteiger partial charge in [0, 0.05) is 12.1 Å². The predicted molar refractivity (Wildman–Crippen MR) is 104 cm³/mol. The molecule has 4 N–H and O–H groups in total. The molecule has 0 aliphatic heterocycles. The molecule has 2 aromatic rings. The zero-order valence-corrected chi connectivity index (χ0v) is 15.5. The molecule has 144 valence electrons. The highest BCUT2D eigenvalue weighted by Gasteiger charge is 2.06. The summed E-state index contributed by atoms with van der Waals surface area (Å²) in [7, 11) is 0. The fraction of sp³-hybridized carbons (Fsp3) is 0.300. The molecule has 0 saturated heterocycles. The van der Waals surface area contributed by atoms with E-state index < -0.39 is 5.91 Å². The van der Waals surface area contributed by atoms with E-state index in [9.17, 15) is 9.18 Å². The zero-order chi connectivity index (χ0) is 19.6. The maximum Gasteiger partial charge on any atom is 0.248 e. The molecule has 2 aromatic carbocycles. The number of amides is 1. The van der Waals surface area contributed by atoms with Crippen molar-refractivity contribution < 1.29 is 13.9 Å². The molecule has 1 atom stereocenters. The normalized spacial score (nSPS) is 12.3. The fourth-order valence-electron chi connectivity index (χ4n) is 2.31. The van der Waals surface area contributed by atoms with E-state index >= 15 is 0 Å². The molecule has 0 aliphatic rings. The standard InChI is InChI=1S/C20H25FN4O2/c1-3-23-20(25-13-15-4-6-16(7-5-15)19(22)26)24-12-14(2)27-18-10-8-17(21)9-11-18/h4-11,14H,3,12-13H2,1-2H3,(H2,22,26)(H2,23,24,25). The molecule has 6 nitrogen and oxygen atoms in total. The van der Waals surface area contributed by atoms with E-state index in [0.29, 0.717) is 30.4 Å². The molecule has 0 aromatic heterocycles. The number of halogens is 1. The quantitative estimate of drug-likeness (QED) is 0.491. The average Bonchev–Trinajstić information content (AvgIpc) is 2.66. The molecule has 27 heavy (non-hydrogen) atoms. The number of benzene rings is 2. The summed E-state index contributed by atoms with van der Waals surface area (Å²) in [4.78, 5) is 15.6. The zero-order valence-electron chi connectivity index (χ0n) is 15.5. The third-order valence-corrected chi connectivity index (χ3v) is 3.71. The van der Waals surface area contributed by atoms with Gasteiger partial charge in [-0.15, -0.1) is 0 Å². The van der Waals surface area contributed by atoms with Gasteiger partial charge in [-0.2, -0.15) is 0 Å². The van der Waals surface area contributed by atoms with Crippen molar-refractivity contribution in [2.75, 3.05) is 13.1 Å². The van der Waals surface area contributed by atoms with Crippen molar-refractivity contribution in [2.24, 2.45) is 10.7 Å². The molecule has 1 amide bonds. The first-order chi connectivity index (χ1) is 13.0. The topological polar surface area (TPSA) is 88.7 Å². The van der Waals surface area contributed by atoms with Gasteiger partial charge in [0.1, 0.15) is 17.7 Å². The number of nitrogens with one attached hydrogen (secondary N) is 2. The highest BCUT2D eigenvalue weighted by atomic mass is 19.1. The fourth-order valence-corrected chi connectivity index (χ4v) is 2.31. The second-order valence-electron chi connectivity index (χ2n) is 6.02. The Labute approximate surface area is 158 Å². The van der Waals surface area contributed by atoms with Crippen molar-refractivity contribution in [1.82, 2.24) is 10.6 Å². The Morgan fingerprint density at radius 1 is 1.15 bits per heavy atom. The summed E-state index contributed by atoms with van der Waals surface area (Å²) in [6, 6.07) is 13.0. The lowest BCUT2D eigenvalue weighted by atomic mass is 10.1. The highest BCUT2D eigenvalue weighted by Crippen LogP contribution is 2.12. The second kappa shape index (κ2) is 10.2. The Hall–Kier alpha value is -3.09. The number of nitrogens with zero attached hydrogens (tertiary/aromatic N) is 1. The van der Waals surface area contributed by atoms with Gasteiger partial charge < -0.3 is 21.1 Å². The summed E-state index contributed by atoms with van der Waals surface area (Å²) in [6.45, 7) is 5.62. The van der Waals surface area contributed by atoms with Crippen LogP contribution in [0.3, 0.4) is 0 Å². The van der Waals surface area contributed by atoms with Crippen molar-refractivity contribution in [1.29, 1.82) is 0 Å². The summed E-state index contributed by atoms with van der Waals surface area (Å²) in [6.07, 6.45) is -0.130. The number of carbonyl (C=O) groups excluding carboxylic acids is 1. The lowest BCUT2D eigenvalue weighted by molar-refractivity contribution is 0.100.